The minimum atomic E-state index is -0.0966. The van der Waals surface area contributed by atoms with Gasteiger partial charge in [0.25, 0.3) is 5.91 Å². The number of aromatic nitrogens is 4. The fraction of sp³-hybridized carbons (Fsp3) is 0.250. The van der Waals surface area contributed by atoms with Gasteiger partial charge in [-0.05, 0) is 55.5 Å². The van der Waals surface area contributed by atoms with E-state index in [9.17, 15) is 4.79 Å². The molecule has 0 unspecified atom stereocenters. The third-order valence-corrected chi connectivity index (χ3v) is 5.59. The molecule has 0 bridgehead atoms. The number of amides is 1. The molecule has 9 heteroatoms. The predicted octanol–water partition coefficient (Wildman–Crippen LogP) is 3.49. The fourth-order valence-corrected chi connectivity index (χ4v) is 3.83. The van der Waals surface area contributed by atoms with Crippen molar-refractivity contribution in [3.63, 3.8) is 0 Å². The second kappa shape index (κ2) is 9.15. The van der Waals surface area contributed by atoms with Crippen LogP contribution in [0.2, 0.25) is 0 Å². The number of nitrogens with one attached hydrogen (secondary N) is 1. The molecule has 0 saturated carbocycles. The monoisotopic (exact) mass is 444 g/mol. The normalized spacial score (nSPS) is 13.8. The van der Waals surface area contributed by atoms with Crippen LogP contribution in [0.15, 0.2) is 65.3 Å². The topological polar surface area (TPSA) is 100 Å². The number of aromatic amines is 1. The lowest BCUT2D eigenvalue weighted by Crippen LogP contribution is -2.49. The maximum Gasteiger partial charge on any atom is 0.274 e. The van der Waals surface area contributed by atoms with Crippen LogP contribution in [0.5, 0.6) is 5.75 Å². The van der Waals surface area contributed by atoms with Crippen molar-refractivity contribution in [1.82, 2.24) is 25.3 Å². The van der Waals surface area contributed by atoms with Gasteiger partial charge in [-0.3, -0.25) is 9.89 Å². The number of carbonyl (C=O) groups is 1. The van der Waals surface area contributed by atoms with Crippen molar-refractivity contribution in [1.29, 1.82) is 0 Å². The van der Waals surface area contributed by atoms with Crippen LogP contribution in [-0.4, -0.2) is 64.0 Å². The van der Waals surface area contributed by atoms with Gasteiger partial charge in [0.2, 0.25) is 0 Å². The van der Waals surface area contributed by atoms with Gasteiger partial charge < -0.3 is 19.0 Å². The van der Waals surface area contributed by atoms with Crippen LogP contribution in [0.4, 0.5) is 5.82 Å². The number of hydrogen-bond acceptors (Lipinski definition) is 7. The lowest BCUT2D eigenvalue weighted by atomic mass is 10.1. The zero-order valence-corrected chi connectivity index (χ0v) is 18.3. The van der Waals surface area contributed by atoms with Gasteiger partial charge in [0, 0.05) is 37.8 Å². The first-order chi connectivity index (χ1) is 16.2. The molecule has 4 aromatic rings. The predicted molar refractivity (Wildman–Crippen MR) is 123 cm³/mol. The third-order valence-electron chi connectivity index (χ3n) is 5.59. The maximum absolute atomic E-state index is 12.8. The molecule has 1 saturated heterocycles. The van der Waals surface area contributed by atoms with E-state index in [0.717, 1.165) is 22.8 Å². The number of rotatable bonds is 6. The third kappa shape index (κ3) is 4.43. The number of piperazine rings is 1. The smallest absolute Gasteiger partial charge is 0.274 e. The van der Waals surface area contributed by atoms with Crippen LogP contribution in [0.25, 0.3) is 22.7 Å². The lowest BCUT2D eigenvalue weighted by molar-refractivity contribution is 0.0740. The molecule has 5 rings (SSSR count). The van der Waals surface area contributed by atoms with Crippen LogP contribution in [0.3, 0.4) is 0 Å². The van der Waals surface area contributed by atoms with E-state index >= 15 is 0 Å². The largest absolute Gasteiger partial charge is 0.494 e. The molecule has 1 aliphatic heterocycles. The molecule has 0 atom stereocenters. The van der Waals surface area contributed by atoms with Crippen molar-refractivity contribution in [2.24, 2.45) is 0 Å². The summed E-state index contributed by atoms with van der Waals surface area (Å²) in [6.45, 7) is 5.13. The summed E-state index contributed by atoms with van der Waals surface area (Å²) in [5, 5.41) is 15.8. The summed E-state index contributed by atoms with van der Waals surface area (Å²) in [4.78, 5) is 16.8. The molecular weight excluding hydrogens is 420 g/mol. The molecule has 9 nitrogen and oxygen atoms in total. The molecule has 33 heavy (non-hydrogen) atoms. The van der Waals surface area contributed by atoms with Crippen molar-refractivity contribution >= 4 is 11.7 Å². The fourth-order valence-electron chi connectivity index (χ4n) is 3.83. The van der Waals surface area contributed by atoms with E-state index in [0.29, 0.717) is 49.9 Å². The Morgan fingerprint density at radius 2 is 1.88 bits per heavy atom. The van der Waals surface area contributed by atoms with Crippen molar-refractivity contribution in [3.05, 3.63) is 66.6 Å². The van der Waals surface area contributed by atoms with E-state index in [2.05, 4.69) is 25.3 Å². The van der Waals surface area contributed by atoms with Crippen LogP contribution in [0, 0.1) is 0 Å². The first-order valence-corrected chi connectivity index (χ1v) is 10.9. The van der Waals surface area contributed by atoms with Crippen LogP contribution >= 0.6 is 0 Å². The second-order valence-electron chi connectivity index (χ2n) is 7.66. The molecule has 3 aromatic heterocycles. The molecule has 1 N–H and O–H groups in total. The SMILES string of the molecule is CCOc1ccc(-c2ccc(N3CCN(C(=O)c4cc(-c5ccco5)[nH]n4)CC3)nn2)cc1. The Morgan fingerprint density at radius 3 is 2.55 bits per heavy atom. The Hall–Kier alpha value is -4.14. The number of ether oxygens (including phenoxy) is 1. The molecule has 1 aliphatic rings. The van der Waals surface area contributed by atoms with E-state index in [4.69, 9.17) is 9.15 Å². The number of furan rings is 1. The molecule has 0 spiro atoms. The molecule has 1 aromatic carbocycles. The van der Waals surface area contributed by atoms with E-state index in [-0.39, 0.29) is 5.91 Å². The molecular formula is C24H24N6O3. The summed E-state index contributed by atoms with van der Waals surface area (Å²) in [6, 6.07) is 17.1. The Labute approximate surface area is 191 Å². The molecule has 1 fully saturated rings. The first-order valence-electron chi connectivity index (χ1n) is 10.9. The lowest BCUT2D eigenvalue weighted by Gasteiger charge is -2.34. The number of nitrogens with zero attached hydrogens (tertiary/aromatic N) is 5. The van der Waals surface area contributed by atoms with Gasteiger partial charge in [-0.2, -0.15) is 5.10 Å². The highest BCUT2D eigenvalue weighted by atomic mass is 16.5. The number of hydrogen-bond donors (Lipinski definition) is 1. The van der Waals surface area contributed by atoms with Gasteiger partial charge in [0.15, 0.2) is 17.3 Å². The number of H-pyrrole nitrogens is 1. The van der Waals surface area contributed by atoms with Gasteiger partial charge >= 0.3 is 0 Å². The number of anilines is 1. The Balaban J connectivity index is 1.19. The van der Waals surface area contributed by atoms with Gasteiger partial charge in [-0.15, -0.1) is 10.2 Å². The van der Waals surface area contributed by atoms with Crippen LogP contribution < -0.4 is 9.64 Å². The quantitative estimate of drug-likeness (QED) is 0.486. The highest BCUT2D eigenvalue weighted by Crippen LogP contribution is 2.23. The minimum absolute atomic E-state index is 0.0966. The van der Waals surface area contributed by atoms with Crippen molar-refractivity contribution in [2.45, 2.75) is 6.92 Å². The number of benzene rings is 1. The Morgan fingerprint density at radius 1 is 1.06 bits per heavy atom. The minimum Gasteiger partial charge on any atom is -0.494 e. The van der Waals surface area contributed by atoms with Gasteiger partial charge in [0.1, 0.15) is 11.4 Å². The van der Waals surface area contributed by atoms with Crippen LogP contribution in [-0.2, 0) is 0 Å². The van der Waals surface area contributed by atoms with Gasteiger partial charge in [-0.25, -0.2) is 0 Å². The summed E-state index contributed by atoms with van der Waals surface area (Å²) in [5.74, 6) is 2.20. The summed E-state index contributed by atoms with van der Waals surface area (Å²) in [6.07, 6.45) is 1.59. The molecule has 1 amide bonds. The standard InChI is InChI=1S/C24H24N6O3/c1-2-32-18-7-5-17(6-8-18)19-9-10-23(28-25-19)29-11-13-30(14-12-29)24(31)21-16-20(26-27-21)22-4-3-15-33-22/h3-10,15-16H,2,11-14H2,1H3,(H,26,27). The molecule has 168 valence electrons. The zero-order valence-electron chi connectivity index (χ0n) is 18.3. The summed E-state index contributed by atoms with van der Waals surface area (Å²) < 4.78 is 10.8. The molecule has 0 radical (unpaired) electrons. The summed E-state index contributed by atoms with van der Waals surface area (Å²) in [7, 11) is 0. The van der Waals surface area contributed by atoms with Crippen LogP contribution in [0.1, 0.15) is 17.4 Å². The Kier molecular flexibility index (Phi) is 5.75. The zero-order chi connectivity index (χ0) is 22.6. The summed E-state index contributed by atoms with van der Waals surface area (Å²) in [5.41, 5.74) is 2.86. The average Bonchev–Trinajstić information content (AvgIpc) is 3.57. The molecule has 4 heterocycles. The van der Waals surface area contributed by atoms with Crippen molar-refractivity contribution in [3.8, 4) is 28.5 Å². The summed E-state index contributed by atoms with van der Waals surface area (Å²) >= 11 is 0. The highest BCUT2D eigenvalue weighted by molar-refractivity contribution is 5.93. The number of carbonyl (C=O) groups excluding carboxylic acids is 1. The van der Waals surface area contributed by atoms with E-state index in [1.165, 1.54) is 0 Å². The average molecular weight is 444 g/mol. The van der Waals surface area contributed by atoms with E-state index < -0.39 is 0 Å². The van der Waals surface area contributed by atoms with Crippen molar-refractivity contribution in [2.75, 3.05) is 37.7 Å². The van der Waals surface area contributed by atoms with Gasteiger partial charge in [-0.1, -0.05) is 0 Å². The Bertz CT molecular complexity index is 1190. The second-order valence-corrected chi connectivity index (χ2v) is 7.66. The van der Waals surface area contributed by atoms with E-state index in [1.54, 1.807) is 23.3 Å². The van der Waals surface area contributed by atoms with Gasteiger partial charge in [0.05, 0.1) is 18.6 Å². The first kappa shape index (κ1) is 20.7. The highest BCUT2D eigenvalue weighted by Gasteiger charge is 2.25. The maximum atomic E-state index is 12.8. The molecule has 0 aliphatic carbocycles. The van der Waals surface area contributed by atoms with Crippen molar-refractivity contribution < 1.29 is 13.9 Å². The van der Waals surface area contributed by atoms with E-state index in [1.807, 2.05) is 49.4 Å².